The summed E-state index contributed by atoms with van der Waals surface area (Å²) < 4.78 is 32.6. The van der Waals surface area contributed by atoms with Gasteiger partial charge in [0, 0.05) is 13.0 Å². The van der Waals surface area contributed by atoms with Gasteiger partial charge in [-0.1, -0.05) is 12.5 Å². The minimum atomic E-state index is -0.657. The Kier molecular flexibility index (Phi) is 6.50. The largest absolute Gasteiger partial charge is 0.487 e. The minimum absolute atomic E-state index is 0.233. The van der Waals surface area contributed by atoms with Gasteiger partial charge >= 0.3 is 0 Å². The Hall–Kier alpha value is -1.42. The average molecular weight is 269 g/mol. The van der Waals surface area contributed by atoms with Crippen molar-refractivity contribution in [3.8, 4) is 5.75 Å². The maximum Gasteiger partial charge on any atom is 0.190 e. The zero-order valence-corrected chi connectivity index (χ0v) is 11.6. The maximum absolute atomic E-state index is 13.7. The molecule has 1 aromatic carbocycles. The summed E-state index contributed by atoms with van der Waals surface area (Å²) in [7, 11) is 0. The van der Waals surface area contributed by atoms with Crippen LogP contribution in [0.25, 0.3) is 0 Å². The van der Waals surface area contributed by atoms with Crippen LogP contribution in [-0.4, -0.2) is 13.2 Å². The molecule has 0 aliphatic heterocycles. The Labute approximate surface area is 113 Å². The van der Waals surface area contributed by atoms with Crippen LogP contribution in [0.3, 0.4) is 0 Å². The van der Waals surface area contributed by atoms with Gasteiger partial charge in [0.1, 0.15) is 0 Å². The normalized spacial score (nSPS) is 10.5. The molecule has 0 amide bonds. The Morgan fingerprint density at radius 3 is 2.47 bits per heavy atom. The minimum Gasteiger partial charge on any atom is -0.487 e. The van der Waals surface area contributed by atoms with Gasteiger partial charge in [0.15, 0.2) is 17.4 Å². The van der Waals surface area contributed by atoms with Crippen molar-refractivity contribution in [2.45, 2.75) is 33.2 Å². The molecule has 0 aliphatic rings. The zero-order chi connectivity index (χ0) is 14.3. The summed E-state index contributed by atoms with van der Waals surface area (Å²) in [5.41, 5.74) is 1.50. The molecule has 2 nitrogen and oxygen atoms in total. The van der Waals surface area contributed by atoms with Crippen LogP contribution in [0.5, 0.6) is 5.75 Å². The van der Waals surface area contributed by atoms with E-state index >= 15 is 0 Å². The summed E-state index contributed by atoms with van der Waals surface area (Å²) in [5.74, 6) is -1.62. The number of hydrogen-bond donors (Lipinski definition) is 1. The van der Waals surface area contributed by atoms with E-state index in [1.54, 1.807) is 0 Å². The van der Waals surface area contributed by atoms with E-state index in [-0.39, 0.29) is 12.4 Å². The Bertz CT molecular complexity index is 409. The van der Waals surface area contributed by atoms with Crippen LogP contribution >= 0.6 is 0 Å². The summed E-state index contributed by atoms with van der Waals surface area (Å²) in [4.78, 5) is 0. The van der Waals surface area contributed by atoms with Gasteiger partial charge in [0.2, 0.25) is 0 Å². The lowest BCUT2D eigenvalue weighted by molar-refractivity contribution is 0.288. The second-order valence-electron chi connectivity index (χ2n) is 4.62. The van der Waals surface area contributed by atoms with Crippen LogP contribution in [-0.2, 0) is 6.54 Å². The molecule has 0 aromatic heterocycles. The lowest BCUT2D eigenvalue weighted by atomic mass is 10.2. The van der Waals surface area contributed by atoms with Gasteiger partial charge in [-0.2, -0.15) is 0 Å². The summed E-state index contributed by atoms with van der Waals surface area (Å²) in [6.07, 6.45) is 1.56. The number of nitrogens with one attached hydrogen (secondary N) is 1. The molecule has 0 fully saturated rings. The summed E-state index contributed by atoms with van der Waals surface area (Å²) in [6, 6.07) is 2.61. The topological polar surface area (TPSA) is 21.3 Å². The number of ether oxygens (including phenoxy) is 1. The Morgan fingerprint density at radius 1 is 1.32 bits per heavy atom. The molecule has 0 bridgehead atoms. The lowest BCUT2D eigenvalue weighted by Gasteiger charge is -2.10. The van der Waals surface area contributed by atoms with Crippen molar-refractivity contribution in [2.24, 2.45) is 0 Å². The van der Waals surface area contributed by atoms with Gasteiger partial charge in [-0.3, -0.25) is 0 Å². The van der Waals surface area contributed by atoms with E-state index in [2.05, 4.69) is 11.9 Å². The fourth-order valence-corrected chi connectivity index (χ4v) is 1.59. The number of hydrogen-bond acceptors (Lipinski definition) is 2. The van der Waals surface area contributed by atoms with Crippen molar-refractivity contribution in [3.63, 3.8) is 0 Å². The fourth-order valence-electron chi connectivity index (χ4n) is 1.59. The van der Waals surface area contributed by atoms with Crippen molar-refractivity contribution in [1.29, 1.82) is 0 Å². The highest BCUT2D eigenvalue weighted by molar-refractivity contribution is 5.31. The first kappa shape index (κ1) is 15.6. The van der Waals surface area contributed by atoms with E-state index in [9.17, 15) is 8.78 Å². The molecule has 0 spiro atoms. The van der Waals surface area contributed by atoms with E-state index in [0.29, 0.717) is 18.5 Å². The van der Waals surface area contributed by atoms with Crippen LogP contribution in [0.15, 0.2) is 24.3 Å². The van der Waals surface area contributed by atoms with Crippen molar-refractivity contribution < 1.29 is 13.5 Å². The van der Waals surface area contributed by atoms with Gasteiger partial charge in [0.05, 0.1) is 6.61 Å². The van der Waals surface area contributed by atoms with Crippen LogP contribution in [0.4, 0.5) is 8.78 Å². The number of halogens is 2. The van der Waals surface area contributed by atoms with E-state index in [4.69, 9.17) is 4.74 Å². The smallest absolute Gasteiger partial charge is 0.190 e. The summed E-state index contributed by atoms with van der Waals surface area (Å²) >= 11 is 0. The second kappa shape index (κ2) is 7.89. The molecule has 0 atom stereocenters. The Morgan fingerprint density at radius 2 is 1.95 bits per heavy atom. The Balaban J connectivity index is 2.65. The first-order valence-electron chi connectivity index (χ1n) is 6.50. The van der Waals surface area contributed by atoms with Gasteiger partial charge in [-0.05, 0) is 37.6 Å². The van der Waals surface area contributed by atoms with E-state index in [0.717, 1.165) is 18.5 Å². The van der Waals surface area contributed by atoms with Gasteiger partial charge in [-0.25, -0.2) is 8.78 Å². The molecule has 0 unspecified atom stereocenters. The SMILES string of the molecule is C=C(C)CCOc1c(F)cc(CNCCC)cc1F. The molecule has 19 heavy (non-hydrogen) atoms. The third-order valence-electron chi connectivity index (χ3n) is 2.59. The quantitative estimate of drug-likeness (QED) is 0.572. The molecule has 0 aliphatic carbocycles. The average Bonchev–Trinajstić information content (AvgIpc) is 2.32. The van der Waals surface area contributed by atoms with Gasteiger partial charge < -0.3 is 10.1 Å². The van der Waals surface area contributed by atoms with E-state index < -0.39 is 11.6 Å². The fraction of sp³-hybridized carbons (Fsp3) is 0.467. The summed E-state index contributed by atoms with van der Waals surface area (Å²) in [6.45, 7) is 9.10. The van der Waals surface area contributed by atoms with Crippen molar-refractivity contribution in [2.75, 3.05) is 13.2 Å². The number of benzene rings is 1. The molecule has 4 heteroatoms. The van der Waals surface area contributed by atoms with Crippen molar-refractivity contribution in [1.82, 2.24) is 5.32 Å². The molecular formula is C15H21F2NO. The molecule has 0 radical (unpaired) electrons. The van der Waals surface area contributed by atoms with E-state index in [1.165, 1.54) is 12.1 Å². The standard InChI is InChI=1S/C15H21F2NO/c1-4-6-18-10-12-8-13(16)15(14(17)9-12)19-7-5-11(2)3/h8-9,18H,2,4-7,10H2,1,3H3. The molecule has 0 heterocycles. The van der Waals surface area contributed by atoms with Crippen molar-refractivity contribution >= 4 is 0 Å². The van der Waals surface area contributed by atoms with Crippen LogP contribution in [0.2, 0.25) is 0 Å². The number of rotatable bonds is 8. The second-order valence-corrected chi connectivity index (χ2v) is 4.62. The van der Waals surface area contributed by atoms with Crippen LogP contribution in [0.1, 0.15) is 32.3 Å². The summed E-state index contributed by atoms with van der Waals surface area (Å²) in [5, 5.41) is 3.10. The highest BCUT2D eigenvalue weighted by Crippen LogP contribution is 2.23. The third-order valence-corrected chi connectivity index (χ3v) is 2.59. The molecule has 106 valence electrons. The maximum atomic E-state index is 13.7. The monoisotopic (exact) mass is 269 g/mol. The molecular weight excluding hydrogens is 248 g/mol. The van der Waals surface area contributed by atoms with Gasteiger partial charge in [0.25, 0.3) is 0 Å². The van der Waals surface area contributed by atoms with Gasteiger partial charge in [-0.15, -0.1) is 6.58 Å². The van der Waals surface area contributed by atoms with Crippen LogP contribution in [0, 0.1) is 11.6 Å². The lowest BCUT2D eigenvalue weighted by Crippen LogP contribution is -2.14. The first-order chi connectivity index (χ1) is 9.04. The van der Waals surface area contributed by atoms with Crippen molar-refractivity contribution in [3.05, 3.63) is 41.5 Å². The zero-order valence-electron chi connectivity index (χ0n) is 11.6. The molecule has 1 N–H and O–H groups in total. The highest BCUT2D eigenvalue weighted by atomic mass is 19.1. The predicted molar refractivity (Wildman–Crippen MR) is 73.3 cm³/mol. The third kappa shape index (κ3) is 5.39. The predicted octanol–water partition coefficient (Wildman–Crippen LogP) is 3.81. The molecule has 0 saturated carbocycles. The first-order valence-corrected chi connectivity index (χ1v) is 6.50. The molecule has 1 rings (SSSR count). The molecule has 0 saturated heterocycles. The van der Waals surface area contributed by atoms with E-state index in [1.807, 2.05) is 13.8 Å². The highest BCUT2D eigenvalue weighted by Gasteiger charge is 2.12. The van der Waals surface area contributed by atoms with Crippen LogP contribution < -0.4 is 10.1 Å². The molecule has 1 aromatic rings.